The summed E-state index contributed by atoms with van der Waals surface area (Å²) in [6.07, 6.45) is 0. The molecule has 0 aliphatic rings. The van der Waals surface area contributed by atoms with Gasteiger partial charge in [0.1, 0.15) is 5.58 Å². The molecule has 1 heterocycles. The van der Waals surface area contributed by atoms with Crippen LogP contribution in [-0.2, 0) is 10.0 Å². The third kappa shape index (κ3) is 4.38. The van der Waals surface area contributed by atoms with Gasteiger partial charge in [0.2, 0.25) is 0 Å². The lowest BCUT2D eigenvalue weighted by Crippen LogP contribution is -2.26. The number of aryl methyl sites for hydroxylation is 2. The van der Waals surface area contributed by atoms with Gasteiger partial charge >= 0.3 is 0 Å². The number of anilines is 2. The summed E-state index contributed by atoms with van der Waals surface area (Å²) in [5.74, 6) is -0.733. The Kier molecular flexibility index (Phi) is 5.78. The number of fused-ring (bicyclic) bond motifs is 1. The number of nitrogens with zero attached hydrogens (tertiary/aromatic N) is 1. The summed E-state index contributed by atoms with van der Waals surface area (Å²) in [5.41, 5.74) is 2.64. The molecule has 168 valence electrons. The van der Waals surface area contributed by atoms with E-state index in [1.54, 1.807) is 36.4 Å². The van der Waals surface area contributed by atoms with Crippen LogP contribution in [0, 0.1) is 13.8 Å². The van der Waals surface area contributed by atoms with Gasteiger partial charge in [0.15, 0.2) is 11.2 Å². The van der Waals surface area contributed by atoms with E-state index in [2.05, 4.69) is 5.32 Å². The van der Waals surface area contributed by atoms with Crippen molar-refractivity contribution >= 4 is 38.3 Å². The number of sulfonamides is 1. The van der Waals surface area contributed by atoms with Gasteiger partial charge < -0.3 is 9.73 Å². The normalized spacial score (nSPS) is 11.4. The number of nitrogens with one attached hydrogen (secondary N) is 1. The van der Waals surface area contributed by atoms with Gasteiger partial charge in [-0.05, 0) is 67.4 Å². The second-order valence-corrected chi connectivity index (χ2v) is 9.69. The van der Waals surface area contributed by atoms with E-state index in [-0.39, 0.29) is 16.1 Å². The minimum atomic E-state index is -3.77. The van der Waals surface area contributed by atoms with E-state index in [0.29, 0.717) is 22.3 Å². The first kappa shape index (κ1) is 22.3. The van der Waals surface area contributed by atoms with Crippen molar-refractivity contribution in [3.8, 4) is 0 Å². The predicted octanol–water partition coefficient (Wildman–Crippen LogP) is 4.49. The zero-order valence-electron chi connectivity index (χ0n) is 18.3. The molecule has 0 spiro atoms. The van der Waals surface area contributed by atoms with Gasteiger partial charge in [0.25, 0.3) is 15.9 Å². The first-order chi connectivity index (χ1) is 15.7. The summed E-state index contributed by atoms with van der Waals surface area (Å²) < 4.78 is 32.7. The molecule has 0 atom stereocenters. The molecule has 4 rings (SSSR count). The zero-order valence-corrected chi connectivity index (χ0v) is 19.1. The SMILES string of the molecule is Cc1cc(C)c2c(=O)cc(C(=O)Nc3ccc(S(=O)(=O)N(C)c4ccccc4)cc3)oc2c1. The molecule has 0 bridgehead atoms. The van der Waals surface area contributed by atoms with E-state index in [0.717, 1.165) is 17.2 Å². The summed E-state index contributed by atoms with van der Waals surface area (Å²) in [5, 5.41) is 3.08. The fourth-order valence-corrected chi connectivity index (χ4v) is 4.81. The van der Waals surface area contributed by atoms with Crippen LogP contribution < -0.4 is 15.1 Å². The van der Waals surface area contributed by atoms with Crippen LogP contribution in [0.2, 0.25) is 0 Å². The van der Waals surface area contributed by atoms with E-state index in [9.17, 15) is 18.0 Å². The smallest absolute Gasteiger partial charge is 0.291 e. The number of carbonyl (C=O) groups is 1. The Hall–Kier alpha value is -3.91. The van der Waals surface area contributed by atoms with Crippen molar-refractivity contribution in [3.05, 3.63) is 99.9 Å². The van der Waals surface area contributed by atoms with Crippen molar-refractivity contribution in [2.75, 3.05) is 16.7 Å². The molecule has 0 unspecified atom stereocenters. The Morgan fingerprint density at radius 1 is 0.939 bits per heavy atom. The molecule has 0 aliphatic carbocycles. The standard InChI is InChI=1S/C25H22N2O5S/c1-16-13-17(2)24-21(28)15-23(32-22(24)14-16)25(29)26-18-9-11-20(12-10-18)33(30,31)27(3)19-7-5-4-6-8-19/h4-15H,1-3H3,(H,26,29). The molecule has 1 amide bonds. The maximum atomic E-state index is 12.9. The molecule has 0 saturated heterocycles. The molecule has 33 heavy (non-hydrogen) atoms. The van der Waals surface area contributed by atoms with Crippen LogP contribution in [0.3, 0.4) is 0 Å². The molecular weight excluding hydrogens is 440 g/mol. The molecular formula is C25H22N2O5S. The van der Waals surface area contributed by atoms with Crippen molar-refractivity contribution in [1.29, 1.82) is 0 Å². The Labute approximate surface area is 191 Å². The lowest BCUT2D eigenvalue weighted by Gasteiger charge is -2.19. The summed E-state index contributed by atoms with van der Waals surface area (Å²) in [6.45, 7) is 3.70. The highest BCUT2D eigenvalue weighted by Crippen LogP contribution is 2.23. The summed E-state index contributed by atoms with van der Waals surface area (Å²) >= 11 is 0. The Balaban J connectivity index is 1.57. The molecule has 0 fully saturated rings. The Morgan fingerprint density at radius 2 is 1.61 bits per heavy atom. The number of benzene rings is 3. The molecule has 0 saturated carbocycles. The van der Waals surface area contributed by atoms with Gasteiger partial charge in [-0.15, -0.1) is 0 Å². The van der Waals surface area contributed by atoms with Crippen LogP contribution in [0.1, 0.15) is 21.7 Å². The van der Waals surface area contributed by atoms with Gasteiger partial charge in [0.05, 0.1) is 16.0 Å². The Bertz CT molecular complexity index is 1510. The topological polar surface area (TPSA) is 96.7 Å². The number of carbonyl (C=O) groups excluding carboxylic acids is 1. The monoisotopic (exact) mass is 462 g/mol. The average Bonchev–Trinajstić information content (AvgIpc) is 2.78. The van der Waals surface area contributed by atoms with Crippen LogP contribution in [0.4, 0.5) is 11.4 Å². The van der Waals surface area contributed by atoms with Gasteiger partial charge in [-0.1, -0.05) is 24.3 Å². The van der Waals surface area contributed by atoms with Crippen LogP contribution in [-0.4, -0.2) is 21.4 Å². The minimum absolute atomic E-state index is 0.0787. The van der Waals surface area contributed by atoms with E-state index in [4.69, 9.17) is 4.42 Å². The average molecular weight is 463 g/mol. The second-order valence-electron chi connectivity index (χ2n) is 7.72. The maximum absolute atomic E-state index is 12.9. The summed E-state index contributed by atoms with van der Waals surface area (Å²) in [7, 11) is -2.29. The lowest BCUT2D eigenvalue weighted by atomic mass is 10.1. The molecule has 1 aromatic heterocycles. The summed E-state index contributed by atoms with van der Waals surface area (Å²) in [6, 6.07) is 19.3. The van der Waals surface area contributed by atoms with Crippen LogP contribution in [0.25, 0.3) is 11.0 Å². The number of para-hydroxylation sites is 1. The largest absolute Gasteiger partial charge is 0.451 e. The van der Waals surface area contributed by atoms with Gasteiger partial charge in [0, 0.05) is 18.8 Å². The van der Waals surface area contributed by atoms with Crippen molar-refractivity contribution in [2.45, 2.75) is 18.7 Å². The van der Waals surface area contributed by atoms with Gasteiger partial charge in [-0.25, -0.2) is 8.42 Å². The number of hydrogen-bond donors (Lipinski definition) is 1. The number of amides is 1. The van der Waals surface area contributed by atoms with Crippen LogP contribution in [0.15, 0.2) is 86.9 Å². The predicted molar refractivity (Wildman–Crippen MR) is 128 cm³/mol. The summed E-state index contributed by atoms with van der Waals surface area (Å²) in [4.78, 5) is 25.3. The van der Waals surface area contributed by atoms with Crippen molar-refractivity contribution in [2.24, 2.45) is 0 Å². The first-order valence-corrected chi connectivity index (χ1v) is 11.6. The van der Waals surface area contributed by atoms with Crippen molar-refractivity contribution in [3.63, 3.8) is 0 Å². The fraction of sp³-hybridized carbons (Fsp3) is 0.120. The first-order valence-electron chi connectivity index (χ1n) is 10.2. The van der Waals surface area contributed by atoms with E-state index < -0.39 is 15.9 Å². The van der Waals surface area contributed by atoms with Crippen molar-refractivity contribution < 1.29 is 17.6 Å². The number of hydrogen-bond acceptors (Lipinski definition) is 5. The second kappa shape index (κ2) is 8.55. The van der Waals surface area contributed by atoms with Crippen molar-refractivity contribution in [1.82, 2.24) is 0 Å². The van der Waals surface area contributed by atoms with Gasteiger partial charge in [-0.3, -0.25) is 13.9 Å². The third-order valence-electron chi connectivity index (χ3n) is 5.29. The van der Waals surface area contributed by atoms with Crippen LogP contribution >= 0.6 is 0 Å². The highest BCUT2D eigenvalue weighted by molar-refractivity contribution is 7.92. The minimum Gasteiger partial charge on any atom is -0.451 e. The number of rotatable bonds is 5. The molecule has 3 aromatic carbocycles. The quantitative estimate of drug-likeness (QED) is 0.471. The highest BCUT2D eigenvalue weighted by Gasteiger charge is 2.21. The molecule has 0 radical (unpaired) electrons. The maximum Gasteiger partial charge on any atom is 0.291 e. The zero-order chi connectivity index (χ0) is 23.8. The highest BCUT2D eigenvalue weighted by atomic mass is 32.2. The van der Waals surface area contributed by atoms with E-state index >= 15 is 0 Å². The molecule has 1 N–H and O–H groups in total. The van der Waals surface area contributed by atoms with E-state index in [1.807, 2.05) is 19.9 Å². The van der Waals surface area contributed by atoms with Gasteiger partial charge in [-0.2, -0.15) is 0 Å². The molecule has 0 aliphatic heterocycles. The fourth-order valence-electron chi connectivity index (χ4n) is 3.61. The Morgan fingerprint density at radius 3 is 2.27 bits per heavy atom. The molecule has 8 heteroatoms. The molecule has 7 nitrogen and oxygen atoms in total. The van der Waals surface area contributed by atoms with Crippen LogP contribution in [0.5, 0.6) is 0 Å². The molecule has 4 aromatic rings. The van der Waals surface area contributed by atoms with E-state index in [1.165, 1.54) is 35.6 Å². The third-order valence-corrected chi connectivity index (χ3v) is 7.09. The lowest BCUT2D eigenvalue weighted by molar-refractivity contribution is 0.0997.